The standard InChI is InChI=1S/C31H33N5O2S2/c1-4-38-25(37)16-15-24-29(33-31(32-21(2)3)36-17-19-39-20-18-36)27-26(22-11-7-5-8-12-22)28(34-35-30(27)40-24)23-13-9-6-10-14-23/h5-16,21H,4,17-20H2,1-3H3,(H,32,33)/b16-15+. The molecule has 1 saturated heterocycles. The molecule has 2 aromatic carbocycles. The van der Waals surface area contributed by atoms with Crippen molar-refractivity contribution in [1.82, 2.24) is 15.1 Å². The number of rotatable bonds is 7. The van der Waals surface area contributed by atoms with Crippen molar-refractivity contribution in [3.63, 3.8) is 0 Å². The summed E-state index contributed by atoms with van der Waals surface area (Å²) in [6.45, 7) is 8.13. The number of thiophene rings is 1. The number of anilines is 1. The molecule has 40 heavy (non-hydrogen) atoms. The van der Waals surface area contributed by atoms with Crippen LogP contribution in [-0.2, 0) is 9.53 Å². The molecule has 1 N–H and O–H groups in total. The second-order valence-corrected chi connectivity index (χ2v) is 11.8. The zero-order valence-corrected chi connectivity index (χ0v) is 24.6. The normalized spacial score (nSPS) is 14.3. The van der Waals surface area contributed by atoms with E-state index in [1.165, 1.54) is 17.4 Å². The van der Waals surface area contributed by atoms with Crippen molar-refractivity contribution in [1.29, 1.82) is 0 Å². The summed E-state index contributed by atoms with van der Waals surface area (Å²) < 4.78 is 5.17. The van der Waals surface area contributed by atoms with E-state index >= 15 is 0 Å². The molecule has 2 aromatic heterocycles. The van der Waals surface area contributed by atoms with Gasteiger partial charge in [0.1, 0.15) is 10.5 Å². The minimum absolute atomic E-state index is 0.105. The van der Waals surface area contributed by atoms with E-state index in [1.807, 2.05) is 54.2 Å². The molecular formula is C31H33N5O2S2. The van der Waals surface area contributed by atoms with Crippen molar-refractivity contribution in [3.8, 4) is 22.4 Å². The van der Waals surface area contributed by atoms with Crippen LogP contribution in [0, 0.1) is 0 Å². The van der Waals surface area contributed by atoms with E-state index in [0.717, 1.165) is 73.7 Å². The molecule has 3 heterocycles. The van der Waals surface area contributed by atoms with Gasteiger partial charge in [-0.1, -0.05) is 60.7 Å². The Morgan fingerprint density at radius 3 is 2.38 bits per heavy atom. The SMILES string of the molecule is CCOC(=O)/C=C/c1sc2nnc(-c3ccccc3)c(-c3ccccc3)c2c1NC(=NC(C)C)N1CCSCC1. The van der Waals surface area contributed by atoms with Gasteiger partial charge in [0.05, 0.1) is 17.2 Å². The van der Waals surface area contributed by atoms with Crippen LogP contribution in [0.5, 0.6) is 0 Å². The van der Waals surface area contributed by atoms with Gasteiger partial charge in [0.25, 0.3) is 0 Å². The van der Waals surface area contributed by atoms with Gasteiger partial charge < -0.3 is 15.0 Å². The summed E-state index contributed by atoms with van der Waals surface area (Å²) in [5, 5.41) is 14.1. The maximum Gasteiger partial charge on any atom is 0.330 e. The second kappa shape index (κ2) is 13.1. The summed E-state index contributed by atoms with van der Waals surface area (Å²) >= 11 is 3.46. The third-order valence-corrected chi connectivity index (χ3v) is 8.32. The third kappa shape index (κ3) is 6.37. The van der Waals surface area contributed by atoms with Crippen LogP contribution >= 0.6 is 23.1 Å². The zero-order valence-electron chi connectivity index (χ0n) is 23.0. The van der Waals surface area contributed by atoms with E-state index in [4.69, 9.17) is 19.9 Å². The fraction of sp³-hybridized carbons (Fsp3) is 0.290. The van der Waals surface area contributed by atoms with Crippen LogP contribution in [0.2, 0.25) is 0 Å². The maximum atomic E-state index is 12.3. The molecule has 0 amide bonds. The summed E-state index contributed by atoms with van der Waals surface area (Å²) in [6.07, 6.45) is 3.28. The van der Waals surface area contributed by atoms with E-state index in [9.17, 15) is 4.79 Å². The fourth-order valence-corrected chi connectivity index (χ4v) is 6.48. The molecule has 0 bridgehead atoms. The first kappa shape index (κ1) is 27.9. The highest BCUT2D eigenvalue weighted by Crippen LogP contribution is 2.45. The first-order chi connectivity index (χ1) is 19.5. The van der Waals surface area contributed by atoms with Crippen LogP contribution < -0.4 is 5.32 Å². The number of guanidine groups is 1. The molecule has 0 aliphatic carbocycles. The summed E-state index contributed by atoms with van der Waals surface area (Å²) in [4.78, 5) is 21.3. The lowest BCUT2D eigenvalue weighted by Crippen LogP contribution is -2.42. The number of nitrogens with one attached hydrogen (secondary N) is 1. The number of fused-ring (bicyclic) bond motifs is 1. The van der Waals surface area contributed by atoms with Crippen LogP contribution in [0.15, 0.2) is 71.7 Å². The molecule has 0 spiro atoms. The topological polar surface area (TPSA) is 79.7 Å². The van der Waals surface area contributed by atoms with Gasteiger partial charge >= 0.3 is 5.97 Å². The number of thioether (sulfide) groups is 1. The number of aromatic nitrogens is 2. The summed E-state index contributed by atoms with van der Waals surface area (Å²) in [7, 11) is 0. The Morgan fingerprint density at radius 1 is 1.05 bits per heavy atom. The Kier molecular flexibility index (Phi) is 9.13. The Bertz CT molecular complexity index is 1510. The van der Waals surface area contributed by atoms with Crippen LogP contribution in [0.4, 0.5) is 5.69 Å². The number of aliphatic imine (C=N–C) groups is 1. The third-order valence-electron chi connectivity index (χ3n) is 6.34. The Hall–Kier alpha value is -3.69. The molecule has 9 heteroatoms. The summed E-state index contributed by atoms with van der Waals surface area (Å²) in [5.41, 5.74) is 4.69. The van der Waals surface area contributed by atoms with Gasteiger partial charge in [0, 0.05) is 53.2 Å². The van der Waals surface area contributed by atoms with E-state index < -0.39 is 0 Å². The van der Waals surface area contributed by atoms with E-state index in [0.29, 0.717) is 6.61 Å². The van der Waals surface area contributed by atoms with Gasteiger partial charge in [-0.25, -0.2) is 4.79 Å². The minimum atomic E-state index is -0.380. The molecule has 5 rings (SSSR count). The van der Waals surface area contributed by atoms with Crippen molar-refractivity contribution in [2.75, 3.05) is 36.5 Å². The quantitative estimate of drug-likeness (QED) is 0.113. The van der Waals surface area contributed by atoms with E-state index in [-0.39, 0.29) is 12.0 Å². The number of esters is 1. The van der Waals surface area contributed by atoms with Gasteiger partial charge in [-0.05, 0) is 32.4 Å². The number of hydrogen-bond donors (Lipinski definition) is 1. The van der Waals surface area contributed by atoms with Gasteiger partial charge in [0.2, 0.25) is 0 Å². The van der Waals surface area contributed by atoms with E-state index in [1.54, 1.807) is 6.92 Å². The lowest BCUT2D eigenvalue weighted by Gasteiger charge is -2.30. The van der Waals surface area contributed by atoms with Crippen molar-refractivity contribution in [2.24, 2.45) is 4.99 Å². The Labute approximate surface area is 243 Å². The smallest absolute Gasteiger partial charge is 0.330 e. The molecule has 7 nitrogen and oxygen atoms in total. The van der Waals surface area contributed by atoms with Crippen molar-refractivity contribution in [3.05, 3.63) is 71.6 Å². The first-order valence-corrected chi connectivity index (χ1v) is 15.5. The lowest BCUT2D eigenvalue weighted by molar-refractivity contribution is -0.137. The van der Waals surface area contributed by atoms with Crippen molar-refractivity contribution < 1.29 is 9.53 Å². The molecule has 0 saturated carbocycles. The Morgan fingerprint density at radius 2 is 1.73 bits per heavy atom. The first-order valence-electron chi connectivity index (χ1n) is 13.5. The highest BCUT2D eigenvalue weighted by molar-refractivity contribution is 7.99. The van der Waals surface area contributed by atoms with E-state index in [2.05, 4.69) is 48.3 Å². The van der Waals surface area contributed by atoms with Crippen LogP contribution in [0.1, 0.15) is 25.6 Å². The van der Waals surface area contributed by atoms with Crippen LogP contribution in [0.3, 0.4) is 0 Å². The monoisotopic (exact) mass is 571 g/mol. The lowest BCUT2D eigenvalue weighted by atomic mass is 9.96. The number of carbonyl (C=O) groups excluding carboxylic acids is 1. The van der Waals surface area contributed by atoms with Crippen molar-refractivity contribution >= 4 is 57.0 Å². The number of carbonyl (C=O) groups is 1. The predicted molar refractivity (Wildman–Crippen MR) is 169 cm³/mol. The molecule has 0 atom stereocenters. The molecule has 4 aromatic rings. The molecule has 206 valence electrons. The number of ether oxygens (including phenoxy) is 1. The average Bonchev–Trinajstić information content (AvgIpc) is 3.33. The predicted octanol–water partition coefficient (Wildman–Crippen LogP) is 6.83. The highest BCUT2D eigenvalue weighted by atomic mass is 32.2. The number of hydrogen-bond acceptors (Lipinski definition) is 7. The summed E-state index contributed by atoms with van der Waals surface area (Å²) in [5.74, 6) is 2.56. The summed E-state index contributed by atoms with van der Waals surface area (Å²) in [6, 6.07) is 20.5. The van der Waals surface area contributed by atoms with Crippen LogP contribution in [-0.4, -0.2) is 64.3 Å². The Balaban J connectivity index is 1.76. The molecule has 1 aliphatic rings. The van der Waals surface area contributed by atoms with Gasteiger partial charge in [0.15, 0.2) is 5.96 Å². The average molecular weight is 572 g/mol. The minimum Gasteiger partial charge on any atom is -0.463 e. The molecular weight excluding hydrogens is 539 g/mol. The van der Waals surface area contributed by atoms with Gasteiger partial charge in [-0.2, -0.15) is 11.8 Å². The fourth-order valence-electron chi connectivity index (χ4n) is 4.59. The maximum absolute atomic E-state index is 12.3. The zero-order chi connectivity index (χ0) is 27.9. The van der Waals surface area contributed by atoms with Gasteiger partial charge in [-0.3, -0.25) is 4.99 Å². The van der Waals surface area contributed by atoms with Gasteiger partial charge in [-0.15, -0.1) is 21.5 Å². The number of nitrogens with zero attached hydrogens (tertiary/aromatic N) is 4. The molecule has 0 radical (unpaired) electrons. The largest absolute Gasteiger partial charge is 0.463 e. The van der Waals surface area contributed by atoms with Crippen LogP contribution in [0.25, 0.3) is 38.7 Å². The number of benzene rings is 2. The second-order valence-electron chi connectivity index (χ2n) is 9.53. The van der Waals surface area contributed by atoms with Crippen molar-refractivity contribution in [2.45, 2.75) is 26.8 Å². The highest BCUT2D eigenvalue weighted by Gasteiger charge is 2.24. The molecule has 1 aliphatic heterocycles. The molecule has 0 unspecified atom stereocenters. The molecule has 1 fully saturated rings.